The van der Waals surface area contributed by atoms with Crippen LogP contribution in [0.25, 0.3) is 0 Å². The summed E-state index contributed by atoms with van der Waals surface area (Å²) in [7, 11) is -1.21. The lowest BCUT2D eigenvalue weighted by Gasteiger charge is -2.20. The molecule has 0 unspecified atom stereocenters. The van der Waals surface area contributed by atoms with Crippen LogP contribution < -0.4 is 15.8 Å². The van der Waals surface area contributed by atoms with Crippen LogP contribution in [0.4, 0.5) is 0 Å². The Morgan fingerprint density at radius 2 is 1.67 bits per heavy atom. The lowest BCUT2D eigenvalue weighted by atomic mass is 10.1. The zero-order chi connectivity index (χ0) is 16.1. The zero-order valence-electron chi connectivity index (χ0n) is 14.3. The van der Waals surface area contributed by atoms with Gasteiger partial charge >= 0.3 is 0 Å². The van der Waals surface area contributed by atoms with Crippen LogP contribution in [0.15, 0.2) is 24.3 Å². The van der Waals surface area contributed by atoms with Crippen molar-refractivity contribution in [3.8, 4) is 0 Å². The maximum atomic E-state index is 11.7. The van der Waals surface area contributed by atoms with E-state index in [1.54, 1.807) is 0 Å². The van der Waals surface area contributed by atoms with E-state index in [0.717, 1.165) is 6.54 Å². The van der Waals surface area contributed by atoms with Gasteiger partial charge in [-0.15, -0.1) is 0 Å². The highest BCUT2D eigenvalue weighted by atomic mass is 28.3. The monoisotopic (exact) mass is 306 g/mol. The van der Waals surface area contributed by atoms with E-state index >= 15 is 0 Å². The van der Waals surface area contributed by atoms with Crippen molar-refractivity contribution >= 4 is 19.2 Å². The molecule has 1 aromatic carbocycles. The predicted octanol–water partition coefficient (Wildman–Crippen LogP) is 2.63. The molecule has 0 atom stereocenters. The molecule has 0 aliphatic rings. The Balaban J connectivity index is 2.32. The third-order valence-corrected chi connectivity index (χ3v) is 5.26. The second-order valence-corrected chi connectivity index (χ2v) is 12.7. The van der Waals surface area contributed by atoms with Gasteiger partial charge in [-0.2, -0.15) is 0 Å². The van der Waals surface area contributed by atoms with Gasteiger partial charge in [0.25, 0.3) is 0 Å². The van der Waals surface area contributed by atoms with E-state index in [2.05, 4.69) is 54.5 Å². The van der Waals surface area contributed by atoms with Crippen molar-refractivity contribution in [3.63, 3.8) is 0 Å². The maximum Gasteiger partial charge on any atom is 0.221 e. The normalized spacial score (nSPS) is 12.3. The number of hydrogen-bond donors (Lipinski definition) is 2. The van der Waals surface area contributed by atoms with Crippen LogP contribution in [-0.4, -0.2) is 26.1 Å². The second kappa shape index (κ2) is 7.23. The Labute approximate surface area is 130 Å². The van der Waals surface area contributed by atoms with E-state index in [0.29, 0.717) is 13.0 Å². The zero-order valence-corrected chi connectivity index (χ0v) is 15.3. The second-order valence-electron chi connectivity index (χ2n) is 7.67. The van der Waals surface area contributed by atoms with Crippen molar-refractivity contribution in [2.45, 2.75) is 58.9 Å². The summed E-state index contributed by atoms with van der Waals surface area (Å²) in [5, 5.41) is 7.78. The number of rotatable bonds is 6. The van der Waals surface area contributed by atoms with Gasteiger partial charge in [0.1, 0.15) is 0 Å². The van der Waals surface area contributed by atoms with E-state index in [-0.39, 0.29) is 11.4 Å². The number of carbonyl (C=O) groups excluding carboxylic acids is 1. The molecular weight excluding hydrogens is 276 g/mol. The van der Waals surface area contributed by atoms with Crippen molar-refractivity contribution < 1.29 is 4.79 Å². The number of hydrogen-bond acceptors (Lipinski definition) is 2. The molecule has 0 saturated carbocycles. The minimum atomic E-state index is -1.21. The predicted molar refractivity (Wildman–Crippen MR) is 93.6 cm³/mol. The summed E-state index contributed by atoms with van der Waals surface area (Å²) in [6, 6.07) is 8.87. The maximum absolute atomic E-state index is 11.7. The number of carbonyl (C=O) groups is 1. The van der Waals surface area contributed by atoms with Crippen molar-refractivity contribution in [2.75, 3.05) is 6.54 Å². The molecule has 3 nitrogen and oxygen atoms in total. The van der Waals surface area contributed by atoms with Crippen molar-refractivity contribution in [2.24, 2.45) is 0 Å². The first-order chi connectivity index (χ1) is 9.58. The topological polar surface area (TPSA) is 41.1 Å². The lowest BCUT2D eigenvalue weighted by Crippen LogP contribution is -2.41. The molecule has 0 aliphatic carbocycles. The minimum absolute atomic E-state index is 0.101. The molecule has 4 heteroatoms. The largest absolute Gasteiger partial charge is 0.351 e. The van der Waals surface area contributed by atoms with Crippen LogP contribution in [0, 0.1) is 0 Å². The molecule has 1 rings (SSSR count). The van der Waals surface area contributed by atoms with E-state index in [1.165, 1.54) is 10.8 Å². The molecule has 0 saturated heterocycles. The van der Waals surface area contributed by atoms with Gasteiger partial charge in [0.2, 0.25) is 5.91 Å². The molecular formula is C17H30N2OSi. The average Bonchev–Trinajstić information content (AvgIpc) is 2.32. The van der Waals surface area contributed by atoms with Gasteiger partial charge in [-0.3, -0.25) is 4.79 Å². The van der Waals surface area contributed by atoms with Gasteiger partial charge < -0.3 is 10.6 Å². The highest BCUT2D eigenvalue weighted by Gasteiger charge is 2.15. The van der Waals surface area contributed by atoms with Gasteiger partial charge in [-0.25, -0.2) is 0 Å². The van der Waals surface area contributed by atoms with Crippen LogP contribution in [0.3, 0.4) is 0 Å². The molecule has 0 aromatic heterocycles. The quantitative estimate of drug-likeness (QED) is 0.626. The van der Waals surface area contributed by atoms with Gasteiger partial charge in [-0.1, -0.05) is 49.1 Å². The molecule has 1 amide bonds. The number of benzene rings is 1. The van der Waals surface area contributed by atoms with Gasteiger partial charge in [0.15, 0.2) is 0 Å². The Hall–Kier alpha value is -1.13. The molecule has 1 aromatic rings. The Morgan fingerprint density at radius 1 is 1.10 bits per heavy atom. The summed E-state index contributed by atoms with van der Waals surface area (Å²) in [5.74, 6) is 0.101. The van der Waals surface area contributed by atoms with Crippen molar-refractivity contribution in [1.29, 1.82) is 0 Å². The van der Waals surface area contributed by atoms with E-state index in [1.807, 2.05) is 20.8 Å². The first kappa shape index (κ1) is 17.9. The molecule has 0 spiro atoms. The van der Waals surface area contributed by atoms with Crippen LogP contribution in [-0.2, 0) is 11.3 Å². The van der Waals surface area contributed by atoms with Crippen LogP contribution in [0.2, 0.25) is 19.6 Å². The molecule has 21 heavy (non-hydrogen) atoms. The molecule has 118 valence electrons. The minimum Gasteiger partial charge on any atom is -0.351 e. The molecule has 0 aliphatic heterocycles. The fourth-order valence-corrected chi connectivity index (χ4v) is 3.20. The number of amides is 1. The fourth-order valence-electron chi connectivity index (χ4n) is 2.04. The van der Waals surface area contributed by atoms with Crippen molar-refractivity contribution in [3.05, 3.63) is 29.8 Å². The summed E-state index contributed by atoms with van der Waals surface area (Å²) in [6.45, 7) is 14.6. The first-order valence-electron chi connectivity index (χ1n) is 7.69. The smallest absolute Gasteiger partial charge is 0.221 e. The Morgan fingerprint density at radius 3 is 2.14 bits per heavy atom. The van der Waals surface area contributed by atoms with E-state index in [9.17, 15) is 4.79 Å². The summed E-state index contributed by atoms with van der Waals surface area (Å²) >= 11 is 0. The first-order valence-corrected chi connectivity index (χ1v) is 11.2. The molecule has 0 bridgehead atoms. The van der Waals surface area contributed by atoms with Gasteiger partial charge in [0, 0.05) is 25.0 Å². The highest BCUT2D eigenvalue weighted by Crippen LogP contribution is 2.04. The number of nitrogens with one attached hydrogen (secondary N) is 2. The molecule has 0 heterocycles. The average molecular weight is 307 g/mol. The van der Waals surface area contributed by atoms with Gasteiger partial charge in [0.05, 0.1) is 8.07 Å². The van der Waals surface area contributed by atoms with Crippen LogP contribution in [0.5, 0.6) is 0 Å². The fraction of sp³-hybridized carbons (Fsp3) is 0.588. The lowest BCUT2D eigenvalue weighted by molar-refractivity contribution is -0.122. The third kappa shape index (κ3) is 7.44. The standard InChI is InChI=1S/C17H30N2OSi/c1-17(2,3)19-16(20)11-12-18-13-14-7-9-15(10-8-14)21(4,5)6/h7-10,18H,11-13H2,1-6H3,(H,19,20). The highest BCUT2D eigenvalue weighted by molar-refractivity contribution is 6.88. The summed E-state index contributed by atoms with van der Waals surface area (Å²) in [4.78, 5) is 11.7. The molecule has 0 radical (unpaired) electrons. The Bertz CT molecular complexity index is 455. The third-order valence-electron chi connectivity index (χ3n) is 3.19. The van der Waals surface area contributed by atoms with Crippen LogP contribution in [0.1, 0.15) is 32.8 Å². The Kier molecular flexibility index (Phi) is 6.17. The molecule has 0 fully saturated rings. The van der Waals surface area contributed by atoms with E-state index in [4.69, 9.17) is 0 Å². The summed E-state index contributed by atoms with van der Waals surface area (Å²) in [5.41, 5.74) is 1.12. The molecule has 2 N–H and O–H groups in total. The van der Waals surface area contributed by atoms with Gasteiger partial charge in [-0.05, 0) is 26.3 Å². The van der Waals surface area contributed by atoms with Crippen molar-refractivity contribution in [1.82, 2.24) is 10.6 Å². The van der Waals surface area contributed by atoms with Crippen LogP contribution >= 0.6 is 0 Å². The summed E-state index contributed by atoms with van der Waals surface area (Å²) in [6.07, 6.45) is 0.518. The summed E-state index contributed by atoms with van der Waals surface area (Å²) < 4.78 is 0. The SMILES string of the molecule is CC(C)(C)NC(=O)CCNCc1ccc([Si](C)(C)C)cc1. The van der Waals surface area contributed by atoms with E-state index < -0.39 is 8.07 Å².